The van der Waals surface area contributed by atoms with Crippen molar-refractivity contribution in [2.45, 2.75) is 13.0 Å². The van der Waals surface area contributed by atoms with Crippen LogP contribution < -0.4 is 25.2 Å². The average Bonchev–Trinajstić information content (AvgIpc) is 3.54. The molecule has 0 saturated carbocycles. The Kier molecular flexibility index (Phi) is 7.14. The Bertz CT molecular complexity index is 2210. The highest BCUT2D eigenvalue weighted by atomic mass is 16.5. The first kappa shape index (κ1) is 28.1. The summed E-state index contributed by atoms with van der Waals surface area (Å²) in [6, 6.07) is 36.9. The zero-order chi connectivity index (χ0) is 31.1. The van der Waals surface area contributed by atoms with Crippen molar-refractivity contribution in [3.63, 3.8) is 0 Å². The van der Waals surface area contributed by atoms with Gasteiger partial charge in [0.05, 0.1) is 28.3 Å². The molecule has 7 rings (SSSR count). The van der Waals surface area contributed by atoms with Crippen molar-refractivity contribution in [3.8, 4) is 5.75 Å². The summed E-state index contributed by atoms with van der Waals surface area (Å²) in [5.74, 6) is 0.194. The van der Waals surface area contributed by atoms with Crippen molar-refractivity contribution in [2.24, 2.45) is 10.2 Å². The van der Waals surface area contributed by atoms with Gasteiger partial charge in [-0.15, -0.1) is 5.11 Å². The molecule has 7 nitrogen and oxygen atoms in total. The molecule has 1 atom stereocenters. The lowest BCUT2D eigenvalue weighted by Crippen LogP contribution is -2.35. The van der Waals surface area contributed by atoms with E-state index >= 15 is 0 Å². The lowest BCUT2D eigenvalue weighted by atomic mass is 10.1. The van der Waals surface area contributed by atoms with Crippen molar-refractivity contribution < 1.29 is 9.53 Å². The average molecular weight is 592 g/mol. The highest BCUT2D eigenvalue weighted by molar-refractivity contribution is 5.92. The molecular weight excluding hydrogens is 558 g/mol. The predicted molar refractivity (Wildman–Crippen MR) is 183 cm³/mol. The fraction of sp³-hybridized carbons (Fsp3) is 0.132. The number of anilines is 1. The quantitative estimate of drug-likeness (QED) is 0.117. The smallest absolute Gasteiger partial charge is 0.308 e. The third-order valence-electron chi connectivity index (χ3n) is 8.28. The SMILES string of the molecule is CC(=O)Oc1ccc2c(c1)/c(=C/c1ccc(N(C)C)cc1)c1n2N(C)C(c2ccc(/N=N/c3cccc4ccccc34)cc2)C=1. The summed E-state index contributed by atoms with van der Waals surface area (Å²) < 4.78 is 7.70. The minimum absolute atomic E-state index is 0.0184. The fourth-order valence-electron chi connectivity index (χ4n) is 6.05. The summed E-state index contributed by atoms with van der Waals surface area (Å²) in [6.45, 7) is 1.42. The molecule has 1 aromatic heterocycles. The van der Waals surface area contributed by atoms with Crippen molar-refractivity contribution in [1.82, 2.24) is 4.68 Å². The van der Waals surface area contributed by atoms with E-state index in [2.05, 4.69) is 98.6 Å². The number of nitrogens with zero attached hydrogens (tertiary/aromatic N) is 5. The van der Waals surface area contributed by atoms with Gasteiger partial charge in [-0.1, -0.05) is 60.7 Å². The van der Waals surface area contributed by atoms with E-state index in [1.54, 1.807) is 0 Å². The lowest BCUT2D eigenvalue weighted by Gasteiger charge is -2.25. The van der Waals surface area contributed by atoms with E-state index in [9.17, 15) is 4.79 Å². The maximum atomic E-state index is 11.7. The Balaban J connectivity index is 1.27. The van der Waals surface area contributed by atoms with Gasteiger partial charge < -0.3 is 14.6 Å². The van der Waals surface area contributed by atoms with E-state index in [4.69, 9.17) is 4.74 Å². The summed E-state index contributed by atoms with van der Waals surface area (Å²) in [5.41, 5.74) is 6.07. The van der Waals surface area contributed by atoms with E-state index in [-0.39, 0.29) is 12.0 Å². The number of ether oxygens (including phenoxy) is 1. The molecule has 0 saturated heterocycles. The first-order chi connectivity index (χ1) is 21.9. The van der Waals surface area contributed by atoms with Crippen LogP contribution in [0, 0.1) is 0 Å². The standard InChI is InChI=1S/C38H33N5O2/c1-25(44)45-31-20-21-36-34(23-31)33(22-26-12-18-30(19-13-26)41(2)3)38-24-37(42(4)43(36)38)28-14-16-29(17-15-28)39-40-35-11-7-9-27-8-5-6-10-32(27)35/h5-24,37H,1-4H3/b33-22-,40-39+. The fourth-order valence-corrected chi connectivity index (χ4v) is 6.05. The molecule has 0 radical (unpaired) electrons. The van der Waals surface area contributed by atoms with Crippen LogP contribution in [0.4, 0.5) is 17.1 Å². The third kappa shape index (κ3) is 5.33. The van der Waals surface area contributed by atoms with Gasteiger partial charge in [-0.3, -0.25) is 9.47 Å². The second-order valence-electron chi connectivity index (χ2n) is 11.5. The number of fused-ring (bicyclic) bond motifs is 4. The number of aromatic nitrogens is 1. The molecule has 0 bridgehead atoms. The van der Waals surface area contributed by atoms with Crippen LogP contribution >= 0.6 is 0 Å². The molecule has 1 unspecified atom stereocenters. The van der Waals surface area contributed by atoms with Crippen molar-refractivity contribution in [2.75, 3.05) is 31.1 Å². The van der Waals surface area contributed by atoms with Crippen LogP contribution in [0.3, 0.4) is 0 Å². The molecule has 6 aromatic rings. The Morgan fingerprint density at radius 2 is 1.60 bits per heavy atom. The Morgan fingerprint density at radius 1 is 0.844 bits per heavy atom. The van der Waals surface area contributed by atoms with E-state index in [0.717, 1.165) is 60.4 Å². The summed E-state index contributed by atoms with van der Waals surface area (Å²) in [6.07, 6.45) is 4.49. The number of benzene rings is 5. The normalized spacial score (nSPS) is 14.7. The van der Waals surface area contributed by atoms with Crippen LogP contribution in [-0.4, -0.2) is 31.8 Å². The van der Waals surface area contributed by atoms with Crippen LogP contribution in [0.1, 0.15) is 24.1 Å². The summed E-state index contributed by atoms with van der Waals surface area (Å²) in [4.78, 5) is 13.8. The van der Waals surface area contributed by atoms with Crippen molar-refractivity contribution in [3.05, 3.63) is 131 Å². The minimum Gasteiger partial charge on any atom is -0.427 e. The molecule has 0 aliphatic carbocycles. The van der Waals surface area contributed by atoms with Crippen LogP contribution in [0.5, 0.6) is 5.75 Å². The van der Waals surface area contributed by atoms with Gasteiger partial charge in [0.1, 0.15) is 5.75 Å². The zero-order valence-electron chi connectivity index (χ0n) is 25.7. The third-order valence-corrected chi connectivity index (χ3v) is 8.28. The van der Waals surface area contributed by atoms with E-state index in [0.29, 0.717) is 5.75 Å². The molecule has 45 heavy (non-hydrogen) atoms. The molecule has 7 heteroatoms. The maximum absolute atomic E-state index is 11.7. The Morgan fingerprint density at radius 3 is 2.36 bits per heavy atom. The summed E-state index contributed by atoms with van der Waals surface area (Å²) in [5, 5.41) is 16.8. The molecule has 222 valence electrons. The van der Waals surface area contributed by atoms with Crippen LogP contribution in [0.25, 0.3) is 33.8 Å². The maximum Gasteiger partial charge on any atom is 0.308 e. The molecule has 5 aromatic carbocycles. The van der Waals surface area contributed by atoms with Crippen LogP contribution in [0.2, 0.25) is 0 Å². The van der Waals surface area contributed by atoms with Gasteiger partial charge in [-0.2, -0.15) is 5.11 Å². The number of carbonyl (C=O) groups is 1. The Hall–Kier alpha value is -5.69. The minimum atomic E-state index is -0.338. The first-order valence-corrected chi connectivity index (χ1v) is 14.9. The van der Waals surface area contributed by atoms with Crippen LogP contribution in [-0.2, 0) is 4.79 Å². The van der Waals surface area contributed by atoms with Gasteiger partial charge in [-0.25, -0.2) is 0 Å². The monoisotopic (exact) mass is 591 g/mol. The first-order valence-electron chi connectivity index (χ1n) is 14.9. The molecule has 2 heterocycles. The highest BCUT2D eigenvalue weighted by Gasteiger charge is 2.25. The van der Waals surface area contributed by atoms with E-state index < -0.39 is 0 Å². The van der Waals surface area contributed by atoms with Gasteiger partial charge in [0, 0.05) is 49.7 Å². The van der Waals surface area contributed by atoms with Gasteiger partial charge in [0.2, 0.25) is 0 Å². The number of carbonyl (C=O) groups excluding carboxylic acids is 1. The number of hydrogen-bond acceptors (Lipinski definition) is 6. The van der Waals surface area contributed by atoms with Gasteiger partial charge >= 0.3 is 5.97 Å². The van der Waals surface area contributed by atoms with Gasteiger partial charge in [0.15, 0.2) is 0 Å². The predicted octanol–water partition coefficient (Wildman–Crippen LogP) is 7.13. The molecule has 1 aliphatic heterocycles. The topological polar surface area (TPSA) is 62.4 Å². The highest BCUT2D eigenvalue weighted by Crippen LogP contribution is 2.30. The van der Waals surface area contributed by atoms with Crippen LogP contribution in [0.15, 0.2) is 119 Å². The largest absolute Gasteiger partial charge is 0.427 e. The molecular formula is C38H33N5O2. The molecule has 0 N–H and O–H groups in total. The second kappa shape index (κ2) is 11.4. The molecule has 0 spiro atoms. The summed E-state index contributed by atoms with van der Waals surface area (Å²) in [7, 11) is 6.17. The molecule has 1 aliphatic rings. The number of hydrogen-bond donors (Lipinski definition) is 0. The van der Waals surface area contributed by atoms with Crippen molar-refractivity contribution in [1.29, 1.82) is 0 Å². The van der Waals surface area contributed by atoms with E-state index in [1.807, 2.05) is 68.7 Å². The van der Waals surface area contributed by atoms with Crippen molar-refractivity contribution >= 4 is 56.9 Å². The zero-order valence-corrected chi connectivity index (χ0v) is 25.7. The van der Waals surface area contributed by atoms with Gasteiger partial charge in [0.25, 0.3) is 0 Å². The van der Waals surface area contributed by atoms with E-state index in [1.165, 1.54) is 6.92 Å². The molecule has 0 amide bonds. The number of azo groups is 1. The number of rotatable bonds is 6. The molecule has 0 fully saturated rings. The Labute approximate surface area is 261 Å². The summed E-state index contributed by atoms with van der Waals surface area (Å²) >= 11 is 0. The van der Waals surface area contributed by atoms with Gasteiger partial charge in [-0.05, 0) is 77.2 Å². The lowest BCUT2D eigenvalue weighted by molar-refractivity contribution is -0.131. The number of esters is 1. The second-order valence-corrected chi connectivity index (χ2v) is 11.5.